The SMILES string of the molecule is Nc1nc(C2CSCCS2)nc(-c2ccccc2)c1I. The molecule has 104 valence electrons. The van der Waals surface area contributed by atoms with E-state index in [0.29, 0.717) is 11.1 Å². The number of rotatable bonds is 2. The normalized spacial score (nSPS) is 18.9. The summed E-state index contributed by atoms with van der Waals surface area (Å²) in [6.45, 7) is 0. The number of nitrogen functional groups attached to an aromatic ring is 1. The van der Waals surface area contributed by atoms with E-state index in [1.807, 2.05) is 41.7 Å². The Morgan fingerprint density at radius 2 is 1.95 bits per heavy atom. The van der Waals surface area contributed by atoms with Gasteiger partial charge in [-0.3, -0.25) is 0 Å². The fraction of sp³-hybridized carbons (Fsp3) is 0.286. The fourth-order valence-electron chi connectivity index (χ4n) is 2.05. The third-order valence-electron chi connectivity index (χ3n) is 3.05. The molecule has 1 aromatic heterocycles. The number of halogens is 1. The summed E-state index contributed by atoms with van der Waals surface area (Å²) in [4.78, 5) is 9.30. The first-order valence-electron chi connectivity index (χ1n) is 6.33. The molecule has 0 aliphatic carbocycles. The highest BCUT2D eigenvalue weighted by atomic mass is 127. The van der Waals surface area contributed by atoms with E-state index in [0.717, 1.165) is 32.2 Å². The standard InChI is InChI=1S/C14H14IN3S2/c15-11-12(9-4-2-1-3-5-9)17-14(18-13(11)16)10-8-19-6-7-20-10/h1-5,10H,6-8H2,(H2,16,17,18). The van der Waals surface area contributed by atoms with Crippen LogP contribution in [0.15, 0.2) is 30.3 Å². The van der Waals surface area contributed by atoms with Crippen LogP contribution in [0.25, 0.3) is 11.3 Å². The van der Waals surface area contributed by atoms with Crippen molar-refractivity contribution >= 4 is 51.9 Å². The van der Waals surface area contributed by atoms with Gasteiger partial charge in [-0.2, -0.15) is 11.8 Å². The first kappa shape index (κ1) is 14.5. The van der Waals surface area contributed by atoms with Gasteiger partial charge in [0.1, 0.15) is 11.6 Å². The average molecular weight is 415 g/mol. The van der Waals surface area contributed by atoms with E-state index in [-0.39, 0.29) is 0 Å². The van der Waals surface area contributed by atoms with Gasteiger partial charge in [0.25, 0.3) is 0 Å². The van der Waals surface area contributed by atoms with Crippen molar-refractivity contribution in [2.75, 3.05) is 23.0 Å². The number of nitrogens with two attached hydrogens (primary N) is 1. The van der Waals surface area contributed by atoms with Gasteiger partial charge in [-0.15, -0.1) is 11.8 Å². The lowest BCUT2D eigenvalue weighted by Gasteiger charge is -2.20. The minimum Gasteiger partial charge on any atom is -0.383 e. The molecule has 1 aliphatic heterocycles. The Balaban J connectivity index is 2.03. The maximum atomic E-state index is 6.09. The summed E-state index contributed by atoms with van der Waals surface area (Å²) in [6.07, 6.45) is 0. The molecule has 3 nitrogen and oxygen atoms in total. The number of benzene rings is 1. The first-order chi connectivity index (χ1) is 9.75. The van der Waals surface area contributed by atoms with E-state index >= 15 is 0 Å². The molecule has 1 aliphatic rings. The number of aromatic nitrogens is 2. The van der Waals surface area contributed by atoms with Crippen molar-refractivity contribution < 1.29 is 0 Å². The van der Waals surface area contributed by atoms with Gasteiger partial charge in [0.05, 0.1) is 14.5 Å². The van der Waals surface area contributed by atoms with Crippen LogP contribution in [0.2, 0.25) is 0 Å². The molecule has 0 radical (unpaired) electrons. The average Bonchev–Trinajstić information content (AvgIpc) is 2.51. The van der Waals surface area contributed by atoms with Crippen LogP contribution in [0.5, 0.6) is 0 Å². The van der Waals surface area contributed by atoms with Crippen molar-refractivity contribution in [3.05, 3.63) is 39.7 Å². The maximum Gasteiger partial charge on any atom is 0.145 e. The molecule has 2 heterocycles. The quantitative estimate of drug-likeness (QED) is 0.756. The molecule has 2 aromatic rings. The lowest BCUT2D eigenvalue weighted by molar-refractivity contribution is 0.927. The topological polar surface area (TPSA) is 51.8 Å². The summed E-state index contributed by atoms with van der Waals surface area (Å²) in [5.74, 6) is 4.90. The molecule has 1 unspecified atom stereocenters. The Morgan fingerprint density at radius 3 is 2.65 bits per heavy atom. The number of anilines is 1. The van der Waals surface area contributed by atoms with Gasteiger partial charge in [0.15, 0.2) is 0 Å². The second-order valence-corrected chi connectivity index (χ2v) is 7.97. The predicted molar refractivity (Wildman–Crippen MR) is 97.1 cm³/mol. The van der Waals surface area contributed by atoms with Gasteiger partial charge in [-0.1, -0.05) is 30.3 Å². The third-order valence-corrected chi connectivity index (χ3v) is 6.86. The highest BCUT2D eigenvalue weighted by molar-refractivity contribution is 14.1. The molecule has 2 N–H and O–H groups in total. The van der Waals surface area contributed by atoms with Crippen molar-refractivity contribution in [1.82, 2.24) is 9.97 Å². The largest absolute Gasteiger partial charge is 0.383 e. The lowest BCUT2D eigenvalue weighted by atomic mass is 10.1. The van der Waals surface area contributed by atoms with E-state index in [9.17, 15) is 0 Å². The van der Waals surface area contributed by atoms with Crippen molar-refractivity contribution in [2.24, 2.45) is 0 Å². The van der Waals surface area contributed by atoms with Gasteiger partial charge >= 0.3 is 0 Å². The van der Waals surface area contributed by atoms with Gasteiger partial charge < -0.3 is 5.73 Å². The van der Waals surface area contributed by atoms with Crippen molar-refractivity contribution in [1.29, 1.82) is 0 Å². The number of hydrogen-bond donors (Lipinski definition) is 1. The van der Waals surface area contributed by atoms with E-state index in [2.05, 4.69) is 39.7 Å². The summed E-state index contributed by atoms with van der Waals surface area (Å²) in [5, 5.41) is 0.357. The second-order valence-electron chi connectivity index (χ2n) is 4.43. The van der Waals surface area contributed by atoms with Gasteiger partial charge in [0, 0.05) is 22.8 Å². The molecule has 0 spiro atoms. The van der Waals surface area contributed by atoms with Gasteiger partial charge in [-0.05, 0) is 22.6 Å². The summed E-state index contributed by atoms with van der Waals surface area (Å²) in [7, 11) is 0. The van der Waals surface area contributed by atoms with Crippen LogP contribution in [0.4, 0.5) is 5.82 Å². The maximum absolute atomic E-state index is 6.09. The monoisotopic (exact) mass is 415 g/mol. The molecular formula is C14H14IN3S2. The Bertz CT molecular complexity index is 601. The van der Waals surface area contributed by atoms with Gasteiger partial charge in [-0.25, -0.2) is 9.97 Å². The zero-order valence-electron chi connectivity index (χ0n) is 10.8. The molecule has 1 fully saturated rings. The molecule has 1 aromatic carbocycles. The van der Waals surface area contributed by atoms with E-state index in [4.69, 9.17) is 10.7 Å². The Hall–Kier alpha value is -0.470. The molecule has 0 amide bonds. The van der Waals surface area contributed by atoms with E-state index in [1.54, 1.807) is 0 Å². The lowest BCUT2D eigenvalue weighted by Crippen LogP contribution is -2.13. The van der Waals surface area contributed by atoms with Crippen molar-refractivity contribution in [3.63, 3.8) is 0 Å². The van der Waals surface area contributed by atoms with E-state index in [1.165, 1.54) is 5.75 Å². The molecule has 6 heteroatoms. The second kappa shape index (κ2) is 6.53. The number of thioether (sulfide) groups is 2. The van der Waals surface area contributed by atoms with Crippen LogP contribution in [0, 0.1) is 3.57 Å². The molecule has 1 saturated heterocycles. The minimum absolute atomic E-state index is 0.357. The predicted octanol–water partition coefficient (Wildman–Crippen LogP) is 3.85. The summed E-state index contributed by atoms with van der Waals surface area (Å²) in [5.41, 5.74) is 8.14. The van der Waals surface area contributed by atoms with Gasteiger partial charge in [0.2, 0.25) is 0 Å². The summed E-state index contributed by atoms with van der Waals surface area (Å²) >= 11 is 6.13. The first-order valence-corrected chi connectivity index (χ1v) is 9.61. The number of hydrogen-bond acceptors (Lipinski definition) is 5. The van der Waals surface area contributed by atoms with Crippen LogP contribution >= 0.6 is 46.1 Å². The Labute approximate surface area is 140 Å². The van der Waals surface area contributed by atoms with Crippen LogP contribution in [0.1, 0.15) is 11.1 Å². The van der Waals surface area contributed by atoms with Crippen molar-refractivity contribution in [3.8, 4) is 11.3 Å². The van der Waals surface area contributed by atoms with Crippen LogP contribution < -0.4 is 5.73 Å². The molecule has 0 bridgehead atoms. The highest BCUT2D eigenvalue weighted by Crippen LogP contribution is 2.37. The van der Waals surface area contributed by atoms with Crippen LogP contribution in [0.3, 0.4) is 0 Å². The van der Waals surface area contributed by atoms with Crippen LogP contribution in [-0.2, 0) is 0 Å². The molecule has 20 heavy (non-hydrogen) atoms. The third kappa shape index (κ3) is 3.07. The highest BCUT2D eigenvalue weighted by Gasteiger charge is 2.22. The van der Waals surface area contributed by atoms with Crippen molar-refractivity contribution in [2.45, 2.75) is 5.25 Å². The molecule has 3 rings (SSSR count). The van der Waals surface area contributed by atoms with Crippen LogP contribution in [-0.4, -0.2) is 27.2 Å². The molecule has 1 atom stereocenters. The summed E-state index contributed by atoms with van der Waals surface area (Å²) < 4.78 is 0.936. The minimum atomic E-state index is 0.357. The fourth-order valence-corrected chi connectivity index (χ4v) is 5.20. The number of nitrogens with zero attached hydrogens (tertiary/aromatic N) is 2. The smallest absolute Gasteiger partial charge is 0.145 e. The Morgan fingerprint density at radius 1 is 1.15 bits per heavy atom. The zero-order valence-corrected chi connectivity index (χ0v) is 14.5. The Kier molecular flexibility index (Phi) is 4.72. The van der Waals surface area contributed by atoms with E-state index < -0.39 is 0 Å². The molecular weight excluding hydrogens is 401 g/mol. The zero-order chi connectivity index (χ0) is 13.9. The molecule has 0 saturated carbocycles. The summed E-state index contributed by atoms with van der Waals surface area (Å²) in [6, 6.07) is 10.2.